The van der Waals surface area contributed by atoms with Gasteiger partial charge in [0, 0.05) is 23.9 Å². The summed E-state index contributed by atoms with van der Waals surface area (Å²) in [4.78, 5) is 11.9. The van der Waals surface area contributed by atoms with Crippen molar-refractivity contribution < 1.29 is 32.5 Å². The number of phosphoric ester groups is 1. The molecule has 7 nitrogen and oxygen atoms in total. The minimum atomic E-state index is -4.31. The minimum Gasteiger partial charge on any atom is -0.756 e. The molecule has 0 aliphatic heterocycles. The molecule has 0 N–H and O–H groups in total. The van der Waals surface area contributed by atoms with Gasteiger partial charge in [0.05, 0.1) is 33.9 Å². The van der Waals surface area contributed by atoms with E-state index in [2.05, 4.69) is 46.9 Å². The first-order chi connectivity index (χ1) is 17.6. The number of rotatable bonds is 24. The number of methoxy groups -OCH3 is 1. The Morgan fingerprint density at radius 1 is 0.892 bits per heavy atom. The van der Waals surface area contributed by atoms with Gasteiger partial charge in [-0.2, -0.15) is 0 Å². The lowest BCUT2D eigenvalue weighted by molar-refractivity contribution is -0.870. The van der Waals surface area contributed by atoms with E-state index in [4.69, 9.17) is 18.5 Å². The van der Waals surface area contributed by atoms with Gasteiger partial charge in [0.15, 0.2) is 0 Å². The van der Waals surface area contributed by atoms with Crippen LogP contribution in [0.3, 0.4) is 0 Å². The van der Waals surface area contributed by atoms with E-state index < -0.39 is 7.82 Å². The molecule has 2 atom stereocenters. The molecule has 37 heavy (non-hydrogen) atoms. The minimum absolute atomic E-state index is 0.0581. The monoisotopic (exact) mass is 653 g/mol. The Morgan fingerprint density at radius 2 is 1.51 bits per heavy atom. The van der Waals surface area contributed by atoms with Gasteiger partial charge >= 0.3 is 0 Å². The molecule has 2 unspecified atom stereocenters. The second kappa shape index (κ2) is 20.8. The number of quaternary nitrogens is 1. The topological polar surface area (TPSA) is 77.1 Å². The molecule has 0 bridgehead atoms. The Balaban J connectivity index is 1.90. The fraction of sp³-hybridized carbons (Fsp3) is 0.786. The van der Waals surface area contributed by atoms with Gasteiger partial charge in [0.2, 0.25) is 0 Å². The van der Waals surface area contributed by atoms with Gasteiger partial charge in [0.1, 0.15) is 13.2 Å². The Morgan fingerprint density at radius 3 is 2.11 bits per heavy atom. The third-order valence-electron chi connectivity index (χ3n) is 6.24. The Labute approximate surface area is 239 Å². The number of hydrogen-bond donors (Lipinski definition) is 0. The second-order valence-electron chi connectivity index (χ2n) is 10.8. The molecule has 0 heterocycles. The average Bonchev–Trinajstić information content (AvgIpc) is 2.82. The van der Waals surface area contributed by atoms with Crippen LogP contribution in [0.2, 0.25) is 0 Å². The first kappa shape index (κ1) is 35.0. The predicted molar refractivity (Wildman–Crippen MR) is 158 cm³/mol. The molecular formula is C28H51INO6P. The van der Waals surface area contributed by atoms with Crippen molar-refractivity contribution in [2.45, 2.75) is 83.2 Å². The first-order valence-corrected chi connectivity index (χ1v) is 16.4. The number of aryl methyl sites for hydroxylation is 1. The van der Waals surface area contributed by atoms with Crippen molar-refractivity contribution in [3.63, 3.8) is 0 Å². The maximum absolute atomic E-state index is 11.9. The van der Waals surface area contributed by atoms with E-state index in [-0.39, 0.29) is 19.3 Å². The zero-order valence-corrected chi connectivity index (χ0v) is 26.7. The van der Waals surface area contributed by atoms with E-state index in [1.54, 1.807) is 7.11 Å². The molecule has 0 fully saturated rings. The van der Waals surface area contributed by atoms with Crippen LogP contribution in [0.4, 0.5) is 0 Å². The first-order valence-electron chi connectivity index (χ1n) is 13.9. The molecule has 216 valence electrons. The summed E-state index contributed by atoms with van der Waals surface area (Å²) in [5, 5.41) is 0. The fourth-order valence-electron chi connectivity index (χ4n) is 3.86. The molecule has 1 aromatic rings. The predicted octanol–water partition coefficient (Wildman–Crippen LogP) is 6.36. The van der Waals surface area contributed by atoms with E-state index in [0.29, 0.717) is 24.1 Å². The second-order valence-corrected chi connectivity index (χ2v) is 13.4. The van der Waals surface area contributed by atoms with Crippen LogP contribution in [0.1, 0.15) is 76.2 Å². The van der Waals surface area contributed by atoms with E-state index in [1.807, 2.05) is 21.1 Å². The van der Waals surface area contributed by atoms with Crippen LogP contribution >= 0.6 is 30.4 Å². The van der Waals surface area contributed by atoms with Crippen molar-refractivity contribution in [2.75, 3.05) is 61.2 Å². The molecule has 0 saturated heterocycles. The average molecular weight is 654 g/mol. The van der Waals surface area contributed by atoms with Crippen LogP contribution in [0.15, 0.2) is 24.3 Å². The fourth-order valence-corrected chi connectivity index (χ4v) is 5.20. The van der Waals surface area contributed by atoms with Gasteiger partial charge in [-0.05, 0) is 66.0 Å². The molecule has 0 aliphatic carbocycles. The highest BCUT2D eigenvalue weighted by molar-refractivity contribution is 14.1. The molecular weight excluding hydrogens is 602 g/mol. The molecule has 0 radical (unpaired) electrons. The summed E-state index contributed by atoms with van der Waals surface area (Å²) in [5.74, 6) is 0. The maximum Gasteiger partial charge on any atom is 0.268 e. The molecule has 1 rings (SSSR count). The van der Waals surface area contributed by atoms with Gasteiger partial charge in [-0.25, -0.2) is 0 Å². The number of benzene rings is 1. The standard InChI is InChI=1S/C28H51INO6P/c1-30(2,3)20-23-35-37(31,32)36-25-28(33-4)19-22-34-21-14-12-10-8-6-5-7-9-11-13-16-26-17-15-18-27(29)24-26/h15,17-18,24,28H,5-14,16,19-23,25H2,1-4H3/i29-2. The zero-order chi connectivity index (χ0) is 27.4. The van der Waals surface area contributed by atoms with Crippen LogP contribution in [-0.2, 0) is 29.5 Å². The van der Waals surface area contributed by atoms with E-state index >= 15 is 0 Å². The highest BCUT2D eigenvalue weighted by Crippen LogP contribution is 2.38. The Kier molecular flexibility index (Phi) is 19.6. The number of ether oxygens (including phenoxy) is 2. The van der Waals surface area contributed by atoms with Crippen molar-refractivity contribution in [3.05, 3.63) is 33.4 Å². The smallest absolute Gasteiger partial charge is 0.268 e. The third-order valence-corrected chi connectivity index (χ3v) is 7.88. The summed E-state index contributed by atoms with van der Waals surface area (Å²) in [6.45, 7) is 1.87. The normalized spacial score (nSPS) is 14.5. The number of phosphoric acid groups is 1. The summed E-state index contributed by atoms with van der Waals surface area (Å²) in [6.07, 6.45) is 14.3. The van der Waals surface area contributed by atoms with Crippen molar-refractivity contribution in [1.82, 2.24) is 0 Å². The lowest BCUT2D eigenvalue weighted by Crippen LogP contribution is -2.37. The molecule has 0 saturated carbocycles. The molecule has 0 aliphatic rings. The van der Waals surface area contributed by atoms with Crippen LogP contribution in [0, 0.1) is 3.57 Å². The van der Waals surface area contributed by atoms with Gasteiger partial charge in [-0.15, -0.1) is 0 Å². The highest BCUT2D eigenvalue weighted by Gasteiger charge is 2.16. The van der Waals surface area contributed by atoms with Gasteiger partial charge < -0.3 is 27.9 Å². The lowest BCUT2D eigenvalue weighted by atomic mass is 10.0. The van der Waals surface area contributed by atoms with Crippen LogP contribution in [0.25, 0.3) is 0 Å². The summed E-state index contributed by atoms with van der Waals surface area (Å²) in [7, 11) is 3.15. The van der Waals surface area contributed by atoms with Crippen molar-refractivity contribution in [1.29, 1.82) is 0 Å². The number of unbranched alkanes of at least 4 members (excludes halogenated alkanes) is 9. The van der Waals surface area contributed by atoms with Crippen LogP contribution in [-0.4, -0.2) is 71.8 Å². The maximum atomic E-state index is 11.9. The molecule has 0 aromatic heterocycles. The van der Waals surface area contributed by atoms with E-state index in [1.165, 1.54) is 73.3 Å². The van der Waals surface area contributed by atoms with Crippen LogP contribution in [0.5, 0.6) is 0 Å². The van der Waals surface area contributed by atoms with Gasteiger partial charge in [0.25, 0.3) is 7.82 Å². The number of hydrogen-bond acceptors (Lipinski definition) is 6. The van der Waals surface area contributed by atoms with Gasteiger partial charge in [-0.3, -0.25) is 4.57 Å². The van der Waals surface area contributed by atoms with Crippen molar-refractivity contribution in [3.8, 4) is 0 Å². The SMILES string of the molecule is COC(CCOCCCCCCCCCCCCc1cccc([125I])c1)COP(=O)([O-])OCC[N+](C)(C)C. The lowest BCUT2D eigenvalue weighted by Gasteiger charge is -2.28. The summed E-state index contributed by atoms with van der Waals surface area (Å²) in [6, 6.07) is 8.83. The number of likely N-dealkylation sites (N-methyl/N-ethyl adjacent to an activating group) is 1. The largest absolute Gasteiger partial charge is 0.756 e. The molecule has 0 amide bonds. The summed E-state index contributed by atoms with van der Waals surface area (Å²) in [5.41, 5.74) is 1.46. The summed E-state index contributed by atoms with van der Waals surface area (Å²) < 4.78 is 34.8. The molecule has 1 aromatic carbocycles. The van der Waals surface area contributed by atoms with E-state index in [9.17, 15) is 9.46 Å². The van der Waals surface area contributed by atoms with Crippen LogP contribution < -0.4 is 4.89 Å². The van der Waals surface area contributed by atoms with Gasteiger partial charge in [-0.1, -0.05) is 63.5 Å². The highest BCUT2D eigenvalue weighted by atomic mass is 125. The van der Waals surface area contributed by atoms with E-state index in [0.717, 1.165) is 13.0 Å². The van der Waals surface area contributed by atoms with Crippen molar-refractivity contribution >= 4 is 30.4 Å². The quantitative estimate of drug-likeness (QED) is 0.0560. The number of nitrogens with zero attached hydrogens (tertiary/aromatic N) is 1. The van der Waals surface area contributed by atoms with Crippen molar-refractivity contribution in [2.24, 2.45) is 0 Å². The number of halogens is 1. The zero-order valence-electron chi connectivity index (χ0n) is 23.6. The molecule has 9 heteroatoms. The summed E-state index contributed by atoms with van der Waals surface area (Å²) >= 11 is 2.38. The third kappa shape index (κ3) is 21.4. The molecule has 0 spiro atoms. The Hall–Kier alpha value is -0.0600. The Bertz CT molecular complexity index is 746.